The third-order valence-corrected chi connectivity index (χ3v) is 6.89. The summed E-state index contributed by atoms with van der Waals surface area (Å²) in [6, 6.07) is 1.61. The van der Waals surface area contributed by atoms with Crippen LogP contribution in [0.4, 0.5) is 0 Å². The van der Waals surface area contributed by atoms with Crippen LogP contribution in [0.25, 0.3) is 10.2 Å². The molecule has 1 aliphatic carbocycles. The summed E-state index contributed by atoms with van der Waals surface area (Å²) in [5.41, 5.74) is 6.08. The van der Waals surface area contributed by atoms with Crippen molar-refractivity contribution in [2.75, 3.05) is 5.75 Å². The Morgan fingerprint density at radius 1 is 1.32 bits per heavy atom. The van der Waals surface area contributed by atoms with E-state index in [0.29, 0.717) is 17.3 Å². The molecule has 3 aromatic heterocycles. The van der Waals surface area contributed by atoms with E-state index >= 15 is 0 Å². The largest absolute Gasteiger partial charge is 0.356 e. The van der Waals surface area contributed by atoms with E-state index in [4.69, 9.17) is 0 Å². The van der Waals surface area contributed by atoms with E-state index in [1.807, 2.05) is 0 Å². The first-order valence-electron chi connectivity index (χ1n) is 8.55. The number of hydrazine groups is 1. The predicted octanol–water partition coefficient (Wildman–Crippen LogP) is 2.26. The molecule has 4 rings (SSSR count). The lowest BCUT2D eigenvalue weighted by molar-refractivity contribution is -0.119. The number of amides is 2. The number of fused-ring (bicyclic) bond motifs is 3. The maximum Gasteiger partial charge on any atom is 0.286 e. The fraction of sp³-hybridized carbons (Fsp3) is 0.294. The first-order valence-corrected chi connectivity index (χ1v) is 11.3. The van der Waals surface area contributed by atoms with Crippen molar-refractivity contribution in [2.24, 2.45) is 0 Å². The van der Waals surface area contributed by atoms with Crippen LogP contribution in [0.15, 0.2) is 21.5 Å². The van der Waals surface area contributed by atoms with Crippen molar-refractivity contribution < 1.29 is 9.59 Å². The molecule has 0 fully saturated rings. The number of hydrogen-bond donors (Lipinski definition) is 4. The van der Waals surface area contributed by atoms with Gasteiger partial charge in [-0.2, -0.15) is 0 Å². The molecule has 2 amide bonds. The molecular formula is C17H16BrN5O3S2. The van der Waals surface area contributed by atoms with E-state index in [9.17, 15) is 14.4 Å². The molecule has 0 radical (unpaired) electrons. The summed E-state index contributed by atoms with van der Waals surface area (Å²) in [5, 5.41) is 0.725. The van der Waals surface area contributed by atoms with Gasteiger partial charge in [-0.3, -0.25) is 25.2 Å². The standard InChI is InChI=1S/C17H16BrN5O3S2/c18-8-4-10(19-5-8)15(25)23-22-13(24)7-27-6-12-20-16(26)14-9-2-1-3-11(9)28-17(14)21-12/h4-5,19H,1-3,6-7H2,(H,22,24)(H,23,25)(H,20,21,26). The van der Waals surface area contributed by atoms with E-state index in [1.165, 1.54) is 16.6 Å². The van der Waals surface area contributed by atoms with E-state index < -0.39 is 5.91 Å². The fourth-order valence-electron chi connectivity index (χ4n) is 3.08. The van der Waals surface area contributed by atoms with Crippen LogP contribution < -0.4 is 16.4 Å². The molecule has 1 aliphatic rings. The summed E-state index contributed by atoms with van der Waals surface area (Å²) >= 11 is 6.14. The third kappa shape index (κ3) is 4.01. The Morgan fingerprint density at radius 3 is 2.96 bits per heavy atom. The highest BCUT2D eigenvalue weighted by molar-refractivity contribution is 9.10. The minimum Gasteiger partial charge on any atom is -0.356 e. The number of thioether (sulfide) groups is 1. The first kappa shape index (κ1) is 19.2. The number of aryl methyl sites for hydroxylation is 2. The van der Waals surface area contributed by atoms with Crippen molar-refractivity contribution in [1.29, 1.82) is 0 Å². The lowest BCUT2D eigenvalue weighted by atomic mass is 10.2. The monoisotopic (exact) mass is 481 g/mol. The molecule has 0 aromatic carbocycles. The Labute approximate surface area is 176 Å². The minimum absolute atomic E-state index is 0.103. The van der Waals surface area contributed by atoms with Gasteiger partial charge >= 0.3 is 0 Å². The number of H-pyrrole nitrogens is 2. The van der Waals surface area contributed by atoms with Crippen molar-refractivity contribution in [3.8, 4) is 0 Å². The van der Waals surface area contributed by atoms with Crippen molar-refractivity contribution in [1.82, 2.24) is 25.8 Å². The van der Waals surface area contributed by atoms with Crippen molar-refractivity contribution in [2.45, 2.75) is 25.0 Å². The maximum atomic E-state index is 12.4. The number of rotatable bonds is 5. The summed E-state index contributed by atoms with van der Waals surface area (Å²) in [6.45, 7) is 0. The zero-order valence-electron chi connectivity index (χ0n) is 14.6. The number of nitrogens with zero attached hydrogens (tertiary/aromatic N) is 1. The van der Waals surface area contributed by atoms with Gasteiger partial charge in [0.05, 0.1) is 16.9 Å². The van der Waals surface area contributed by atoms with Gasteiger partial charge in [-0.15, -0.1) is 23.1 Å². The molecule has 3 aromatic rings. The van der Waals surface area contributed by atoms with Crippen LogP contribution >= 0.6 is 39.0 Å². The predicted molar refractivity (Wildman–Crippen MR) is 113 cm³/mol. The Morgan fingerprint density at radius 2 is 2.18 bits per heavy atom. The average Bonchev–Trinajstić information content (AvgIpc) is 3.35. The average molecular weight is 482 g/mol. The van der Waals surface area contributed by atoms with Crippen LogP contribution in [0.2, 0.25) is 0 Å². The van der Waals surface area contributed by atoms with Crippen LogP contribution in [0.3, 0.4) is 0 Å². The van der Waals surface area contributed by atoms with E-state index in [1.54, 1.807) is 23.6 Å². The number of nitrogens with one attached hydrogen (secondary N) is 4. The summed E-state index contributed by atoms with van der Waals surface area (Å²) in [4.78, 5) is 48.3. The second-order valence-corrected chi connectivity index (χ2v) is 9.26. The highest BCUT2D eigenvalue weighted by Crippen LogP contribution is 2.34. The quantitative estimate of drug-likeness (QED) is 0.416. The topological polar surface area (TPSA) is 120 Å². The summed E-state index contributed by atoms with van der Waals surface area (Å²) in [6.07, 6.45) is 4.69. The number of halogens is 1. The van der Waals surface area contributed by atoms with E-state index in [2.05, 4.69) is 41.7 Å². The molecule has 0 spiro atoms. The summed E-state index contributed by atoms with van der Waals surface area (Å²) < 4.78 is 0.744. The van der Waals surface area contributed by atoms with Crippen LogP contribution in [0.5, 0.6) is 0 Å². The third-order valence-electron chi connectivity index (χ3n) is 4.30. The second-order valence-electron chi connectivity index (χ2n) is 6.28. The van der Waals surface area contributed by atoms with E-state index in [0.717, 1.165) is 39.5 Å². The SMILES string of the molecule is O=C(CSCc1nc2sc3c(c2c(=O)[nH]1)CCC3)NNC(=O)c1cc(Br)c[nH]1. The van der Waals surface area contributed by atoms with Crippen molar-refractivity contribution in [3.05, 3.63) is 49.0 Å². The van der Waals surface area contributed by atoms with Gasteiger partial charge < -0.3 is 9.97 Å². The summed E-state index contributed by atoms with van der Waals surface area (Å²) in [7, 11) is 0. The normalized spacial score (nSPS) is 12.9. The number of hydrogen-bond acceptors (Lipinski definition) is 6. The zero-order valence-corrected chi connectivity index (χ0v) is 17.8. The van der Waals surface area contributed by atoms with Crippen LogP contribution in [-0.2, 0) is 23.4 Å². The van der Waals surface area contributed by atoms with Gasteiger partial charge in [0.1, 0.15) is 16.3 Å². The van der Waals surface area contributed by atoms with Crippen LogP contribution in [0, 0.1) is 0 Å². The molecule has 0 atom stereocenters. The number of thiophene rings is 1. The molecular weight excluding hydrogens is 466 g/mol. The molecule has 0 unspecified atom stereocenters. The van der Waals surface area contributed by atoms with Gasteiger partial charge in [-0.1, -0.05) is 0 Å². The molecule has 0 saturated heterocycles. The van der Waals surface area contributed by atoms with Crippen molar-refractivity contribution >= 4 is 61.1 Å². The fourth-order valence-corrected chi connectivity index (χ4v) is 5.40. The molecule has 0 bridgehead atoms. The Kier molecular flexibility index (Phi) is 5.56. The molecule has 4 N–H and O–H groups in total. The van der Waals surface area contributed by atoms with Crippen LogP contribution in [0.1, 0.15) is 33.2 Å². The molecule has 3 heterocycles. The smallest absolute Gasteiger partial charge is 0.286 e. The molecule has 8 nitrogen and oxygen atoms in total. The van der Waals surface area contributed by atoms with Gasteiger partial charge in [-0.25, -0.2) is 4.98 Å². The minimum atomic E-state index is -0.439. The number of carbonyl (C=O) groups is 2. The molecule has 0 saturated carbocycles. The molecule has 146 valence electrons. The van der Waals surface area contributed by atoms with Gasteiger partial charge in [0.25, 0.3) is 11.5 Å². The lowest BCUT2D eigenvalue weighted by Crippen LogP contribution is -2.42. The molecule has 11 heteroatoms. The highest BCUT2D eigenvalue weighted by Gasteiger charge is 2.21. The van der Waals surface area contributed by atoms with Gasteiger partial charge in [0.2, 0.25) is 5.91 Å². The van der Waals surface area contributed by atoms with Gasteiger partial charge in [0, 0.05) is 15.5 Å². The Bertz CT molecular complexity index is 1120. The summed E-state index contributed by atoms with van der Waals surface area (Å²) in [5.74, 6) is 0.292. The highest BCUT2D eigenvalue weighted by atomic mass is 79.9. The molecule has 28 heavy (non-hydrogen) atoms. The van der Waals surface area contributed by atoms with Crippen LogP contribution in [-0.4, -0.2) is 32.5 Å². The number of carbonyl (C=O) groups excluding carboxylic acids is 2. The molecule has 0 aliphatic heterocycles. The Balaban J connectivity index is 1.29. The van der Waals surface area contributed by atoms with E-state index in [-0.39, 0.29) is 17.2 Å². The number of aromatic amines is 2. The maximum absolute atomic E-state index is 12.4. The second kappa shape index (κ2) is 8.10. The van der Waals surface area contributed by atoms with Gasteiger partial charge in [-0.05, 0) is 46.8 Å². The Hall–Kier alpha value is -2.11. The zero-order chi connectivity index (χ0) is 19.7. The van der Waals surface area contributed by atoms with Crippen molar-refractivity contribution in [3.63, 3.8) is 0 Å². The first-order chi connectivity index (χ1) is 13.5. The number of aromatic nitrogens is 3. The lowest BCUT2D eigenvalue weighted by Gasteiger charge is -2.06. The van der Waals surface area contributed by atoms with Gasteiger partial charge in [0.15, 0.2) is 0 Å².